The molecule has 5 aliphatic rings. The van der Waals surface area contributed by atoms with Gasteiger partial charge in [-0.1, -0.05) is 6.07 Å². The predicted octanol–water partition coefficient (Wildman–Crippen LogP) is 17.3. The van der Waals surface area contributed by atoms with Crippen LogP contribution in [0.2, 0.25) is 0 Å². The van der Waals surface area contributed by atoms with Gasteiger partial charge in [0.05, 0.1) is 11.5 Å². The number of phenols is 1. The van der Waals surface area contributed by atoms with Gasteiger partial charge in [-0.25, -0.2) is 0 Å². The Morgan fingerprint density at radius 3 is 0.700 bits per heavy atom. The first-order chi connectivity index (χ1) is 34.7. The third-order valence-electron chi connectivity index (χ3n) is 25.9. The summed E-state index contributed by atoms with van der Waals surface area (Å²) in [6, 6.07) is 6.08. The molecule has 29 aromatic rings. The van der Waals surface area contributed by atoms with Crippen LogP contribution in [0.5, 0.6) is 5.75 Å². The van der Waals surface area contributed by atoms with Crippen molar-refractivity contribution in [1.29, 1.82) is 0 Å². The average Bonchev–Trinajstić information content (AvgIpc) is 4.23. The Kier molecular flexibility index (Phi) is 2.10. The van der Waals surface area contributed by atoms with Gasteiger partial charge in [-0.05, 0) is 343 Å². The van der Waals surface area contributed by atoms with Gasteiger partial charge >= 0.3 is 0 Å². The number of fused-ring (bicyclic) bond motifs is 1. The number of aromatic hydroxyl groups is 1. The first-order valence-electron chi connectivity index (χ1n) is 26.0. The number of rotatable bonds is 0. The van der Waals surface area contributed by atoms with Crippen molar-refractivity contribution < 1.29 is 10.2 Å². The molecule has 0 fully saturated rings. The second kappa shape index (κ2) is 5.71. The van der Waals surface area contributed by atoms with E-state index >= 15 is 0 Å². The Morgan fingerprint density at radius 2 is 0.471 bits per heavy atom. The lowest BCUT2D eigenvalue weighted by Gasteiger charge is -2.59. The number of benzene rings is 19. The van der Waals surface area contributed by atoms with E-state index in [9.17, 15) is 10.2 Å². The van der Waals surface area contributed by atoms with E-state index < -0.39 is 16.9 Å². The van der Waals surface area contributed by atoms with Gasteiger partial charge in [-0.2, -0.15) is 0 Å². The van der Waals surface area contributed by atoms with Crippen molar-refractivity contribution in [3.8, 4) is 5.75 Å². The van der Waals surface area contributed by atoms with E-state index in [1.54, 1.807) is 280 Å². The zero-order valence-corrected chi connectivity index (χ0v) is 35.4. The van der Waals surface area contributed by atoms with E-state index in [-0.39, 0.29) is 0 Å². The molecule has 0 bridgehead atoms. The van der Waals surface area contributed by atoms with Crippen LogP contribution in [0.3, 0.4) is 0 Å². The summed E-state index contributed by atoms with van der Waals surface area (Å²) < 4.78 is 0. The number of phenolic OH excluding ortho intramolecular Hbond substituents is 1. The van der Waals surface area contributed by atoms with Gasteiger partial charge in [0.1, 0.15) is 5.75 Å². The van der Waals surface area contributed by atoms with Crippen molar-refractivity contribution in [3.63, 3.8) is 0 Å². The number of hydrogen-bond acceptors (Lipinski definition) is 2. The molecule has 0 aliphatic heterocycles. The number of aliphatic hydroxyl groups excluding tert-OH is 1. The highest BCUT2D eigenvalue weighted by molar-refractivity contribution is 6.82. The van der Waals surface area contributed by atoms with E-state index in [0.29, 0.717) is 5.75 Å². The van der Waals surface area contributed by atoms with Crippen LogP contribution in [-0.2, 0) is 17.3 Å². The molecule has 2 nitrogen and oxygen atoms in total. The molecule has 0 heterocycles. The summed E-state index contributed by atoms with van der Waals surface area (Å²) in [5.74, 6) is 0.311. The highest BCUT2D eigenvalue weighted by Crippen LogP contribution is 2.86. The monoisotopic (exact) mass is 856 g/mol. The lowest BCUT2D eigenvalue weighted by Crippen LogP contribution is -2.59. The van der Waals surface area contributed by atoms with Gasteiger partial charge in [0.2, 0.25) is 0 Å². The molecule has 0 saturated carbocycles. The van der Waals surface area contributed by atoms with Crippen LogP contribution in [0.1, 0.15) is 39.5 Å². The number of aliphatic hydroxyl groups is 1. The summed E-state index contributed by atoms with van der Waals surface area (Å²) >= 11 is 0. The minimum absolute atomic E-state index is 0.311. The smallest absolute Gasteiger partial charge is 0.115 e. The molecule has 0 aromatic heterocycles. The van der Waals surface area contributed by atoms with E-state index in [0.717, 1.165) is 17.5 Å². The van der Waals surface area contributed by atoms with Crippen molar-refractivity contribution in [2.24, 2.45) is 0 Å². The van der Waals surface area contributed by atoms with Crippen LogP contribution >= 0.6 is 0 Å². The van der Waals surface area contributed by atoms with Crippen LogP contribution in [-0.4, -0.2) is 10.2 Å². The standard InChI is InChI=1S/C68H8O2/c69-6-1-2-7-5(3-6)4-67-62-54-46-36-26-18-10-8-9-12-16-14(10)22-30-24(16)34-28-20(12)21-13(9)17-15-11(8)19(18)27-33-23(15)31-25(17)35-29(21)39-38(28)50-44(34)52-42(30)48(40(46)32(22)26)56(62)58(52)64-60(50)61-51(39)45(35)53-43(31)49-41(33)47(37(27)36)55(54)63(67)57(49)59(53)65(61)68(64,67)66(7)70/h1-3,66,69-70H,4H2. The molecule has 292 valence electrons. The molecule has 0 amide bonds. The maximum Gasteiger partial charge on any atom is 0.115 e. The molecule has 2 N–H and O–H groups in total. The Balaban J connectivity index is 1.20. The predicted molar refractivity (Wildman–Crippen MR) is 291 cm³/mol. The van der Waals surface area contributed by atoms with Crippen molar-refractivity contribution >= 4 is 291 Å². The van der Waals surface area contributed by atoms with E-state index in [1.807, 2.05) is 6.07 Å². The first-order valence-corrected chi connectivity index (χ1v) is 26.0. The summed E-state index contributed by atoms with van der Waals surface area (Å²) in [5, 5.41) is 112. The summed E-state index contributed by atoms with van der Waals surface area (Å²) in [5.41, 5.74) is 6.96. The summed E-state index contributed by atoms with van der Waals surface area (Å²) in [4.78, 5) is 0. The quantitative estimate of drug-likeness (QED) is 0.149. The molecular formula is C68H8O2. The lowest BCUT2D eigenvalue weighted by molar-refractivity contribution is 0.0529. The van der Waals surface area contributed by atoms with E-state index in [2.05, 4.69) is 12.1 Å². The van der Waals surface area contributed by atoms with Crippen LogP contribution < -0.4 is 0 Å². The van der Waals surface area contributed by atoms with E-state index in [1.165, 1.54) is 32.7 Å². The van der Waals surface area contributed by atoms with Gasteiger partial charge in [0.15, 0.2) is 0 Å². The van der Waals surface area contributed by atoms with Gasteiger partial charge in [-0.3, -0.25) is 0 Å². The van der Waals surface area contributed by atoms with Crippen LogP contribution in [0.4, 0.5) is 0 Å². The first kappa shape index (κ1) is 25.7. The van der Waals surface area contributed by atoms with Crippen molar-refractivity contribution in [3.05, 3.63) is 51.6 Å². The highest BCUT2D eigenvalue weighted by atomic mass is 16.3. The normalized spacial score (nSPS) is 23.5. The van der Waals surface area contributed by atoms with Gasteiger partial charge in [0, 0.05) is 5.41 Å². The molecule has 0 radical (unpaired) electrons. The molecule has 0 saturated heterocycles. The maximum atomic E-state index is 14.7. The minimum atomic E-state index is -0.799. The SMILES string of the molecule is Oc1ccc2c(c1)CC13c4c5c6c7c8c9c(c%10c%11c1c1c4c4c%12c5c5c6c6c8c8c%13c9c9c%10c%10c%11c%11c1c1c4c4c%12c%12c5c5c6c8c6c8c%13c9c9c%10c%10c%11c1c1c4c4c%12c5c6c5c8c9c%10c1c45)C73C2O. The zero-order chi connectivity index (χ0) is 41.6. The Morgan fingerprint density at radius 1 is 0.271 bits per heavy atom. The third kappa shape index (κ3) is 1.32. The Hall–Kier alpha value is -8.56. The van der Waals surface area contributed by atoms with Crippen LogP contribution in [0, 0.1) is 0 Å². The van der Waals surface area contributed by atoms with Gasteiger partial charge in [0.25, 0.3) is 0 Å². The summed E-state index contributed by atoms with van der Waals surface area (Å²) in [7, 11) is 0. The zero-order valence-electron chi connectivity index (χ0n) is 35.4. The molecule has 2 heteroatoms. The molecule has 1 atom stereocenters. The summed E-state index contributed by atoms with van der Waals surface area (Å²) in [6.45, 7) is 0. The largest absolute Gasteiger partial charge is 0.508 e. The second-order valence-electron chi connectivity index (χ2n) is 25.9. The molecule has 29 aromatic carbocycles. The fourth-order valence-corrected chi connectivity index (χ4v) is 25.8. The van der Waals surface area contributed by atoms with Crippen molar-refractivity contribution in [1.82, 2.24) is 0 Å². The van der Waals surface area contributed by atoms with Crippen molar-refractivity contribution in [2.45, 2.75) is 23.4 Å². The molecular weight excluding hydrogens is 849 g/mol. The van der Waals surface area contributed by atoms with Crippen LogP contribution in [0.25, 0.3) is 291 Å². The van der Waals surface area contributed by atoms with Gasteiger partial charge < -0.3 is 10.2 Å². The van der Waals surface area contributed by atoms with Gasteiger partial charge in [-0.15, -0.1) is 0 Å². The van der Waals surface area contributed by atoms with E-state index in [4.69, 9.17) is 0 Å². The van der Waals surface area contributed by atoms with Crippen LogP contribution in [0.15, 0.2) is 18.2 Å². The molecule has 34 rings (SSSR count). The molecule has 5 aliphatic carbocycles. The molecule has 2 spiro atoms. The topological polar surface area (TPSA) is 40.5 Å². The Bertz CT molecular complexity index is 7250. The number of hydrogen-bond donors (Lipinski definition) is 2. The molecule has 1 unspecified atom stereocenters. The summed E-state index contributed by atoms with van der Waals surface area (Å²) in [6.07, 6.45) is -0.0173. The third-order valence-corrected chi connectivity index (χ3v) is 25.9. The highest BCUT2D eigenvalue weighted by Gasteiger charge is 2.73. The lowest BCUT2D eigenvalue weighted by atomic mass is 9.42. The minimum Gasteiger partial charge on any atom is -0.508 e. The fraction of sp³-hybridized carbons (Fsp3) is 0.0588. The average molecular weight is 857 g/mol. The van der Waals surface area contributed by atoms with Crippen molar-refractivity contribution in [2.75, 3.05) is 0 Å². The second-order valence-corrected chi connectivity index (χ2v) is 25.9. The molecule has 70 heavy (non-hydrogen) atoms. The maximum absolute atomic E-state index is 14.7. The Labute approximate surface area is 379 Å². The fourth-order valence-electron chi connectivity index (χ4n) is 25.8.